The lowest BCUT2D eigenvalue weighted by atomic mass is 10.1. The van der Waals surface area contributed by atoms with Crippen LogP contribution in [0.3, 0.4) is 0 Å². The number of hydrogen-bond donors (Lipinski definition) is 1. The van der Waals surface area contributed by atoms with Crippen molar-refractivity contribution in [3.63, 3.8) is 0 Å². The predicted molar refractivity (Wildman–Crippen MR) is 113 cm³/mol. The number of amides is 1. The van der Waals surface area contributed by atoms with Crippen LogP contribution in [0.2, 0.25) is 5.02 Å². The summed E-state index contributed by atoms with van der Waals surface area (Å²) < 4.78 is 24.6. The summed E-state index contributed by atoms with van der Waals surface area (Å²) in [6.45, 7) is 1.75. The van der Waals surface area contributed by atoms with Crippen molar-refractivity contribution in [3.05, 3.63) is 58.6 Å². The van der Waals surface area contributed by atoms with E-state index in [0.29, 0.717) is 32.0 Å². The van der Waals surface area contributed by atoms with Crippen LogP contribution in [0, 0.1) is 6.92 Å². The van der Waals surface area contributed by atoms with Crippen LogP contribution in [0.15, 0.2) is 42.5 Å². The van der Waals surface area contributed by atoms with E-state index >= 15 is 0 Å². The van der Waals surface area contributed by atoms with Crippen LogP contribution >= 0.6 is 22.9 Å². The Kier molecular flexibility index (Phi) is 5.69. The summed E-state index contributed by atoms with van der Waals surface area (Å²) >= 11 is 7.13. The predicted octanol–water partition coefficient (Wildman–Crippen LogP) is 3.82. The molecule has 7 nitrogen and oxygen atoms in total. The third-order valence-corrected chi connectivity index (χ3v) is 6.36. The average Bonchev–Trinajstić information content (AvgIpc) is 3.09. The second-order valence-electron chi connectivity index (χ2n) is 6.11. The van der Waals surface area contributed by atoms with Crippen molar-refractivity contribution >= 4 is 49.7 Å². The third-order valence-electron chi connectivity index (χ3n) is 4.03. The fourth-order valence-electron chi connectivity index (χ4n) is 2.48. The summed E-state index contributed by atoms with van der Waals surface area (Å²) in [7, 11) is -1.91. The normalized spacial score (nSPS) is 11.3. The maximum atomic E-state index is 12.5. The number of benzene rings is 2. The maximum Gasteiger partial charge on any atom is 0.257 e. The van der Waals surface area contributed by atoms with Crippen molar-refractivity contribution in [2.75, 3.05) is 22.9 Å². The van der Waals surface area contributed by atoms with Gasteiger partial charge in [-0.1, -0.05) is 35.1 Å². The van der Waals surface area contributed by atoms with Gasteiger partial charge < -0.3 is 0 Å². The Balaban J connectivity index is 1.77. The van der Waals surface area contributed by atoms with Crippen molar-refractivity contribution in [2.24, 2.45) is 0 Å². The molecule has 0 saturated carbocycles. The van der Waals surface area contributed by atoms with E-state index in [1.54, 1.807) is 37.3 Å². The monoisotopic (exact) mass is 436 g/mol. The highest BCUT2D eigenvalue weighted by Crippen LogP contribution is 2.28. The number of halogens is 1. The summed E-state index contributed by atoms with van der Waals surface area (Å²) in [4.78, 5) is 12.5. The van der Waals surface area contributed by atoms with Gasteiger partial charge >= 0.3 is 0 Å². The molecule has 0 unspecified atom stereocenters. The van der Waals surface area contributed by atoms with Gasteiger partial charge in [0.25, 0.3) is 5.91 Å². The van der Waals surface area contributed by atoms with Gasteiger partial charge in [0.1, 0.15) is 5.01 Å². The van der Waals surface area contributed by atoms with Crippen molar-refractivity contribution in [1.29, 1.82) is 0 Å². The standard InChI is InChI=1S/C18H17ClN4O3S2/c1-11-10-13(6-9-15(11)23(2)28(3,25)26)16(24)20-18-22-21-17(27-18)12-4-7-14(19)8-5-12/h4-10H,1-3H3,(H,20,22,24). The largest absolute Gasteiger partial charge is 0.296 e. The van der Waals surface area contributed by atoms with E-state index in [0.717, 1.165) is 11.8 Å². The fourth-order valence-corrected chi connectivity index (χ4v) is 3.91. The molecule has 0 aliphatic heterocycles. The Hall–Kier alpha value is -2.49. The molecule has 0 bridgehead atoms. The Bertz CT molecular complexity index is 1130. The molecule has 146 valence electrons. The van der Waals surface area contributed by atoms with Crippen LogP contribution in [-0.4, -0.2) is 37.8 Å². The minimum absolute atomic E-state index is 0.351. The molecule has 1 N–H and O–H groups in total. The number of nitrogens with one attached hydrogen (secondary N) is 1. The van der Waals surface area contributed by atoms with Gasteiger partial charge in [-0.2, -0.15) is 0 Å². The fraction of sp³-hybridized carbons (Fsp3) is 0.167. The number of hydrogen-bond acceptors (Lipinski definition) is 6. The van der Waals surface area contributed by atoms with Crippen LogP contribution in [0.1, 0.15) is 15.9 Å². The number of anilines is 2. The van der Waals surface area contributed by atoms with Crippen molar-refractivity contribution < 1.29 is 13.2 Å². The number of rotatable bonds is 5. The quantitative estimate of drug-likeness (QED) is 0.656. The Morgan fingerprint density at radius 1 is 1.14 bits per heavy atom. The first-order valence-electron chi connectivity index (χ1n) is 8.10. The van der Waals surface area contributed by atoms with Crippen LogP contribution in [-0.2, 0) is 10.0 Å². The van der Waals surface area contributed by atoms with Gasteiger partial charge in [0.05, 0.1) is 11.9 Å². The maximum absolute atomic E-state index is 12.5. The molecule has 2 aromatic carbocycles. The molecule has 10 heteroatoms. The molecule has 0 spiro atoms. The summed E-state index contributed by atoms with van der Waals surface area (Å²) in [5.74, 6) is -0.351. The zero-order valence-corrected chi connectivity index (χ0v) is 17.7. The molecule has 0 radical (unpaired) electrons. The van der Waals surface area contributed by atoms with Gasteiger partial charge in [0.2, 0.25) is 15.2 Å². The van der Waals surface area contributed by atoms with Gasteiger partial charge in [-0.15, -0.1) is 10.2 Å². The van der Waals surface area contributed by atoms with Crippen molar-refractivity contribution in [1.82, 2.24) is 10.2 Å². The van der Waals surface area contributed by atoms with Gasteiger partial charge in [-0.3, -0.25) is 14.4 Å². The molecular weight excluding hydrogens is 420 g/mol. The highest BCUT2D eigenvalue weighted by molar-refractivity contribution is 7.92. The highest BCUT2D eigenvalue weighted by Gasteiger charge is 2.17. The van der Waals surface area contributed by atoms with E-state index < -0.39 is 10.0 Å². The first kappa shape index (κ1) is 20.2. The van der Waals surface area contributed by atoms with Crippen molar-refractivity contribution in [3.8, 4) is 10.6 Å². The minimum Gasteiger partial charge on any atom is -0.296 e. The molecule has 0 aliphatic carbocycles. The van der Waals surface area contributed by atoms with E-state index in [1.165, 1.54) is 22.7 Å². The molecule has 3 rings (SSSR count). The van der Waals surface area contributed by atoms with E-state index in [1.807, 2.05) is 12.1 Å². The Morgan fingerprint density at radius 3 is 2.43 bits per heavy atom. The molecule has 1 amide bonds. The average molecular weight is 437 g/mol. The molecule has 0 atom stereocenters. The number of aryl methyl sites for hydroxylation is 1. The topological polar surface area (TPSA) is 92.3 Å². The number of aromatic nitrogens is 2. The van der Waals surface area contributed by atoms with Crippen LogP contribution < -0.4 is 9.62 Å². The number of nitrogens with zero attached hydrogens (tertiary/aromatic N) is 3. The van der Waals surface area contributed by atoms with Crippen molar-refractivity contribution in [2.45, 2.75) is 6.92 Å². The smallest absolute Gasteiger partial charge is 0.257 e. The van der Waals surface area contributed by atoms with Gasteiger partial charge in [0.15, 0.2) is 0 Å². The summed E-state index contributed by atoms with van der Waals surface area (Å²) in [5, 5.41) is 12.4. The zero-order chi connectivity index (χ0) is 20.5. The lowest BCUT2D eigenvalue weighted by Crippen LogP contribution is -2.25. The SMILES string of the molecule is Cc1cc(C(=O)Nc2nnc(-c3ccc(Cl)cc3)s2)ccc1N(C)S(C)(=O)=O. The number of carbonyl (C=O) groups excluding carboxylic acids is 1. The molecule has 3 aromatic rings. The number of carbonyl (C=O) groups is 1. The van der Waals surface area contributed by atoms with E-state index in [4.69, 9.17) is 11.6 Å². The summed E-state index contributed by atoms with van der Waals surface area (Å²) in [6, 6.07) is 12.0. The molecule has 0 fully saturated rings. The Labute approximate surface area is 172 Å². The highest BCUT2D eigenvalue weighted by atomic mass is 35.5. The van der Waals surface area contributed by atoms with E-state index in [2.05, 4.69) is 15.5 Å². The molecule has 28 heavy (non-hydrogen) atoms. The molecule has 0 aliphatic rings. The van der Waals surface area contributed by atoms with Gasteiger partial charge in [-0.25, -0.2) is 8.42 Å². The number of sulfonamides is 1. The molecule has 1 heterocycles. The van der Waals surface area contributed by atoms with Crippen LogP contribution in [0.5, 0.6) is 0 Å². The van der Waals surface area contributed by atoms with Gasteiger partial charge in [0, 0.05) is 23.2 Å². The van der Waals surface area contributed by atoms with Crippen LogP contribution in [0.25, 0.3) is 10.6 Å². The molecule has 1 aromatic heterocycles. The second kappa shape index (κ2) is 7.86. The van der Waals surface area contributed by atoms with E-state index in [-0.39, 0.29) is 5.91 Å². The van der Waals surface area contributed by atoms with Crippen LogP contribution in [0.4, 0.5) is 10.8 Å². The summed E-state index contributed by atoms with van der Waals surface area (Å²) in [5.41, 5.74) is 2.43. The lowest BCUT2D eigenvalue weighted by molar-refractivity contribution is 0.102. The first-order valence-corrected chi connectivity index (χ1v) is 11.1. The molecule has 0 saturated heterocycles. The second-order valence-corrected chi connectivity index (χ2v) is 9.53. The zero-order valence-electron chi connectivity index (χ0n) is 15.3. The minimum atomic E-state index is -3.38. The summed E-state index contributed by atoms with van der Waals surface area (Å²) in [6.07, 6.45) is 1.13. The Morgan fingerprint density at radius 2 is 1.82 bits per heavy atom. The van der Waals surface area contributed by atoms with Gasteiger partial charge in [-0.05, 0) is 42.8 Å². The lowest BCUT2D eigenvalue weighted by Gasteiger charge is -2.19. The third kappa shape index (κ3) is 4.49. The first-order chi connectivity index (χ1) is 13.1. The van der Waals surface area contributed by atoms with E-state index in [9.17, 15) is 13.2 Å². The molecular formula is C18H17ClN4O3S2.